The molecule has 0 spiro atoms. The molecule has 1 atom stereocenters. The molecule has 0 saturated heterocycles. The van der Waals surface area contributed by atoms with Gasteiger partial charge in [0.15, 0.2) is 0 Å². The number of nitrogens with zero attached hydrogens (tertiary/aromatic N) is 5. The van der Waals surface area contributed by atoms with Crippen LogP contribution in [-0.2, 0) is 4.74 Å². The molecule has 37 heavy (non-hydrogen) atoms. The Morgan fingerprint density at radius 3 is 2.73 bits per heavy atom. The van der Waals surface area contributed by atoms with E-state index in [0.29, 0.717) is 18.4 Å². The number of aryl methyl sites for hydroxylation is 1. The highest BCUT2D eigenvalue weighted by Gasteiger charge is 2.31. The molecule has 0 bridgehead atoms. The maximum absolute atomic E-state index is 9.52. The summed E-state index contributed by atoms with van der Waals surface area (Å²) in [7, 11) is 0. The molecular weight excluding hydrogens is 470 g/mol. The first-order valence-electron chi connectivity index (χ1n) is 11.8. The molecule has 3 aromatic heterocycles. The quantitative estimate of drug-likeness (QED) is 0.311. The molecule has 0 saturated carbocycles. The topological polar surface area (TPSA) is 118 Å². The van der Waals surface area contributed by atoms with Gasteiger partial charge in [0, 0.05) is 41.4 Å². The number of amidine groups is 1. The van der Waals surface area contributed by atoms with Crippen molar-refractivity contribution in [2.24, 2.45) is 4.99 Å². The molecule has 1 aliphatic heterocycles. The number of ether oxygens (including phenoxy) is 2. The SMILES string of the molecule is Cc1cc(Nc2ncnc3ccc(NC4=NC(C)(CO)CO4)cc23)ccc1Oc1ccn2ccnc2c1. The van der Waals surface area contributed by atoms with E-state index < -0.39 is 5.54 Å². The van der Waals surface area contributed by atoms with E-state index in [2.05, 4.69) is 30.6 Å². The van der Waals surface area contributed by atoms with Crippen molar-refractivity contribution in [3.63, 3.8) is 0 Å². The summed E-state index contributed by atoms with van der Waals surface area (Å²) in [5.41, 5.74) is 3.61. The summed E-state index contributed by atoms with van der Waals surface area (Å²) in [5.74, 6) is 2.15. The summed E-state index contributed by atoms with van der Waals surface area (Å²) >= 11 is 0. The summed E-state index contributed by atoms with van der Waals surface area (Å²) < 4.78 is 13.6. The van der Waals surface area contributed by atoms with Crippen molar-refractivity contribution >= 4 is 39.8 Å². The largest absolute Gasteiger partial charge is 0.462 e. The normalized spacial score (nSPS) is 17.0. The van der Waals surface area contributed by atoms with Crippen LogP contribution in [0.25, 0.3) is 16.6 Å². The number of hydrogen-bond acceptors (Lipinski definition) is 9. The van der Waals surface area contributed by atoms with E-state index in [1.165, 1.54) is 6.33 Å². The van der Waals surface area contributed by atoms with Crippen LogP contribution < -0.4 is 15.4 Å². The van der Waals surface area contributed by atoms with Gasteiger partial charge in [-0.25, -0.2) is 19.9 Å². The van der Waals surface area contributed by atoms with Gasteiger partial charge in [0.1, 0.15) is 41.4 Å². The Kier molecular flexibility index (Phi) is 5.57. The van der Waals surface area contributed by atoms with Crippen molar-refractivity contribution in [3.05, 3.63) is 79.0 Å². The highest BCUT2D eigenvalue weighted by molar-refractivity contribution is 5.97. The third kappa shape index (κ3) is 4.62. The highest BCUT2D eigenvalue weighted by atomic mass is 16.5. The molecule has 2 aromatic carbocycles. The summed E-state index contributed by atoms with van der Waals surface area (Å²) in [4.78, 5) is 17.6. The average molecular weight is 496 g/mol. The monoisotopic (exact) mass is 495 g/mol. The van der Waals surface area contributed by atoms with Crippen LogP contribution >= 0.6 is 0 Å². The smallest absolute Gasteiger partial charge is 0.290 e. The van der Waals surface area contributed by atoms with Crippen molar-refractivity contribution in [1.82, 2.24) is 19.4 Å². The lowest BCUT2D eigenvalue weighted by Gasteiger charge is -2.13. The Morgan fingerprint density at radius 2 is 1.89 bits per heavy atom. The van der Waals surface area contributed by atoms with Gasteiger partial charge in [0.05, 0.1) is 12.1 Å². The van der Waals surface area contributed by atoms with Gasteiger partial charge in [-0.05, 0) is 61.9 Å². The summed E-state index contributed by atoms with van der Waals surface area (Å²) in [6.07, 6.45) is 7.10. The first-order valence-corrected chi connectivity index (χ1v) is 11.8. The molecular formula is C27H25N7O3. The molecule has 6 rings (SSSR count). The maximum atomic E-state index is 9.52. The number of rotatable bonds is 6. The first-order chi connectivity index (χ1) is 18.0. The van der Waals surface area contributed by atoms with Gasteiger partial charge in [-0.2, -0.15) is 0 Å². The second-order valence-electron chi connectivity index (χ2n) is 9.20. The molecule has 3 N–H and O–H groups in total. The van der Waals surface area contributed by atoms with Crippen LogP contribution in [-0.4, -0.2) is 49.2 Å². The molecule has 0 aliphatic carbocycles. The number of hydrogen-bond donors (Lipinski definition) is 3. The number of aromatic nitrogens is 4. The zero-order valence-electron chi connectivity index (χ0n) is 20.3. The number of benzene rings is 2. The van der Waals surface area contributed by atoms with Crippen LogP contribution in [0, 0.1) is 6.92 Å². The second-order valence-corrected chi connectivity index (χ2v) is 9.20. The van der Waals surface area contributed by atoms with Crippen LogP contribution in [0.3, 0.4) is 0 Å². The molecule has 1 unspecified atom stereocenters. The Balaban J connectivity index is 1.23. The van der Waals surface area contributed by atoms with E-state index in [0.717, 1.165) is 45.0 Å². The van der Waals surface area contributed by atoms with Gasteiger partial charge < -0.3 is 29.6 Å². The number of aliphatic hydroxyl groups is 1. The molecule has 0 fully saturated rings. The number of anilines is 3. The number of fused-ring (bicyclic) bond motifs is 2. The lowest BCUT2D eigenvalue weighted by Crippen LogP contribution is -2.28. The summed E-state index contributed by atoms with van der Waals surface area (Å²) in [6.45, 7) is 4.08. The minimum absolute atomic E-state index is 0.0826. The Bertz CT molecular complexity index is 1650. The fraction of sp³-hybridized carbons (Fsp3) is 0.185. The van der Waals surface area contributed by atoms with Crippen molar-refractivity contribution in [3.8, 4) is 11.5 Å². The molecule has 5 aromatic rings. The minimum Gasteiger partial charge on any atom is -0.462 e. The lowest BCUT2D eigenvalue weighted by atomic mass is 10.1. The standard InChI is InChI=1S/C27H25N7O3/c1-17-11-18(4-6-23(17)37-20-7-9-34-10-8-28-24(34)13-20)31-25-21-12-19(3-5-22(21)29-16-30-25)32-26-33-27(2,14-35)15-36-26/h3-13,16,35H,14-15H2,1-2H3,(H,32,33)(H,29,30,31). The van der Waals surface area contributed by atoms with E-state index in [1.54, 1.807) is 6.20 Å². The molecule has 0 radical (unpaired) electrons. The van der Waals surface area contributed by atoms with E-state index in [9.17, 15) is 5.11 Å². The van der Waals surface area contributed by atoms with Crippen LogP contribution in [0.15, 0.2) is 78.4 Å². The van der Waals surface area contributed by atoms with Crippen LogP contribution in [0.4, 0.5) is 17.2 Å². The summed E-state index contributed by atoms with van der Waals surface area (Å²) in [5, 5.41) is 16.9. The van der Waals surface area contributed by atoms with Crippen molar-refractivity contribution in [1.29, 1.82) is 0 Å². The Morgan fingerprint density at radius 1 is 1.03 bits per heavy atom. The van der Waals surface area contributed by atoms with Gasteiger partial charge >= 0.3 is 0 Å². The highest BCUT2D eigenvalue weighted by Crippen LogP contribution is 2.31. The molecule has 10 nitrogen and oxygen atoms in total. The molecule has 10 heteroatoms. The van der Waals surface area contributed by atoms with E-state index in [4.69, 9.17) is 9.47 Å². The fourth-order valence-corrected chi connectivity index (χ4v) is 4.10. The minimum atomic E-state index is -0.630. The molecule has 1 aliphatic rings. The molecule has 4 heterocycles. The van der Waals surface area contributed by atoms with E-state index in [-0.39, 0.29) is 6.61 Å². The number of nitrogens with one attached hydrogen (secondary N) is 2. The van der Waals surface area contributed by atoms with E-state index in [1.807, 2.05) is 79.2 Å². The van der Waals surface area contributed by atoms with Crippen LogP contribution in [0.2, 0.25) is 0 Å². The van der Waals surface area contributed by atoms with Gasteiger partial charge in [-0.15, -0.1) is 0 Å². The average Bonchev–Trinajstić information content (AvgIpc) is 3.52. The van der Waals surface area contributed by atoms with Crippen molar-refractivity contribution in [2.45, 2.75) is 19.4 Å². The van der Waals surface area contributed by atoms with Gasteiger partial charge in [0.2, 0.25) is 0 Å². The molecule has 186 valence electrons. The van der Waals surface area contributed by atoms with Gasteiger partial charge in [-0.3, -0.25) is 0 Å². The Hall–Kier alpha value is -4.70. The van der Waals surface area contributed by atoms with Gasteiger partial charge in [-0.1, -0.05) is 0 Å². The molecule has 0 amide bonds. The zero-order valence-corrected chi connectivity index (χ0v) is 20.3. The number of imidazole rings is 1. The number of aliphatic imine (C=N–C) groups is 1. The number of pyridine rings is 1. The van der Waals surface area contributed by atoms with Crippen LogP contribution in [0.5, 0.6) is 11.5 Å². The van der Waals surface area contributed by atoms with Gasteiger partial charge in [0.25, 0.3) is 6.02 Å². The van der Waals surface area contributed by atoms with Crippen molar-refractivity contribution in [2.75, 3.05) is 23.8 Å². The maximum Gasteiger partial charge on any atom is 0.290 e. The third-order valence-electron chi connectivity index (χ3n) is 6.15. The van der Waals surface area contributed by atoms with E-state index >= 15 is 0 Å². The predicted octanol–water partition coefficient (Wildman–Crippen LogP) is 4.67. The second kappa shape index (κ2) is 9.07. The number of aliphatic hydroxyl groups excluding tert-OH is 1. The fourth-order valence-electron chi connectivity index (χ4n) is 4.10. The third-order valence-corrected chi connectivity index (χ3v) is 6.15. The predicted molar refractivity (Wildman–Crippen MR) is 142 cm³/mol. The van der Waals surface area contributed by atoms with Crippen LogP contribution in [0.1, 0.15) is 12.5 Å². The lowest BCUT2D eigenvalue weighted by molar-refractivity contribution is 0.170. The Labute approximate surface area is 212 Å². The zero-order chi connectivity index (χ0) is 25.4. The van der Waals surface area contributed by atoms with Crippen molar-refractivity contribution < 1.29 is 14.6 Å². The summed E-state index contributed by atoms with van der Waals surface area (Å²) in [6, 6.07) is 15.8. The first kappa shape index (κ1) is 22.7.